The van der Waals surface area contributed by atoms with Crippen LogP contribution in [-0.4, -0.2) is 35.0 Å². The maximum atomic E-state index is 10.9. The molecule has 0 fully saturated rings. The smallest absolute Gasteiger partial charge is 0.237 e. The van der Waals surface area contributed by atoms with Gasteiger partial charge in [0.15, 0.2) is 0 Å². The van der Waals surface area contributed by atoms with Gasteiger partial charge < -0.3 is 21.5 Å². The van der Waals surface area contributed by atoms with Crippen LogP contribution in [-0.2, 0) is 9.59 Å². The maximum absolute atomic E-state index is 10.9. The van der Waals surface area contributed by atoms with E-state index in [1.54, 1.807) is 19.1 Å². The number of rotatable bonds is 6. The third kappa shape index (κ3) is 4.02. The summed E-state index contributed by atoms with van der Waals surface area (Å²) in [6, 6.07) is 3.22. The number of aliphatic hydroxyl groups excluding tert-OH is 1. The van der Waals surface area contributed by atoms with Crippen molar-refractivity contribution >= 4 is 17.6 Å². The van der Waals surface area contributed by atoms with Crippen LogP contribution >= 0.6 is 0 Å². The van der Waals surface area contributed by atoms with E-state index in [-0.39, 0.29) is 13.1 Å². The van der Waals surface area contributed by atoms with Crippen molar-refractivity contribution < 1.29 is 14.7 Å². The van der Waals surface area contributed by atoms with E-state index in [0.29, 0.717) is 11.4 Å². The molecule has 0 aliphatic rings. The highest BCUT2D eigenvalue weighted by atomic mass is 16.3. The van der Waals surface area contributed by atoms with Crippen molar-refractivity contribution in [1.29, 1.82) is 0 Å². The lowest BCUT2D eigenvalue weighted by molar-refractivity contribution is -0.117. The van der Waals surface area contributed by atoms with Crippen LogP contribution in [0.1, 0.15) is 18.6 Å². The fourth-order valence-electron chi connectivity index (χ4n) is 1.46. The second kappa shape index (κ2) is 5.97. The Bertz CT molecular complexity index is 432. The van der Waals surface area contributed by atoms with Gasteiger partial charge in [0.1, 0.15) is 5.82 Å². The van der Waals surface area contributed by atoms with Gasteiger partial charge in [0, 0.05) is 6.20 Å². The molecule has 0 aliphatic heterocycles. The molecule has 1 heterocycles. The summed E-state index contributed by atoms with van der Waals surface area (Å²) in [5, 5.41) is 9.46. The summed E-state index contributed by atoms with van der Waals surface area (Å²) in [4.78, 5) is 27.3. The van der Waals surface area contributed by atoms with Gasteiger partial charge in [0.25, 0.3) is 0 Å². The monoisotopic (exact) mass is 252 g/mol. The van der Waals surface area contributed by atoms with E-state index >= 15 is 0 Å². The zero-order valence-corrected chi connectivity index (χ0v) is 10.0. The first-order valence-corrected chi connectivity index (χ1v) is 5.35. The van der Waals surface area contributed by atoms with Crippen LogP contribution in [0.5, 0.6) is 0 Å². The first kappa shape index (κ1) is 13.9. The molecule has 1 rings (SSSR count). The maximum Gasteiger partial charge on any atom is 0.237 e. The molecular weight excluding hydrogens is 236 g/mol. The van der Waals surface area contributed by atoms with Crippen LogP contribution in [0.3, 0.4) is 0 Å². The summed E-state index contributed by atoms with van der Waals surface area (Å²) < 4.78 is 0. The van der Waals surface area contributed by atoms with Crippen molar-refractivity contribution in [3.8, 4) is 0 Å². The Kier molecular flexibility index (Phi) is 4.61. The quantitative estimate of drug-likeness (QED) is 0.593. The SMILES string of the molecule is CC(O)c1ccnc(N(CC(N)=O)CC(N)=O)c1. The number of amides is 2. The van der Waals surface area contributed by atoms with Crippen LogP contribution in [0.15, 0.2) is 18.3 Å². The number of aromatic nitrogens is 1. The average molecular weight is 252 g/mol. The minimum absolute atomic E-state index is 0.167. The van der Waals surface area contributed by atoms with Gasteiger partial charge in [-0.05, 0) is 24.6 Å². The number of carbonyl (C=O) groups excluding carboxylic acids is 2. The number of primary amides is 2. The molecule has 1 unspecified atom stereocenters. The normalized spacial score (nSPS) is 11.9. The summed E-state index contributed by atoms with van der Waals surface area (Å²) in [5.41, 5.74) is 10.8. The molecule has 0 saturated carbocycles. The van der Waals surface area contributed by atoms with Gasteiger partial charge >= 0.3 is 0 Å². The van der Waals surface area contributed by atoms with Crippen molar-refractivity contribution in [3.63, 3.8) is 0 Å². The fourth-order valence-corrected chi connectivity index (χ4v) is 1.46. The van der Waals surface area contributed by atoms with Crippen molar-refractivity contribution in [2.24, 2.45) is 11.5 Å². The molecule has 0 radical (unpaired) electrons. The molecule has 7 heteroatoms. The van der Waals surface area contributed by atoms with Gasteiger partial charge in [0.2, 0.25) is 11.8 Å². The molecule has 0 saturated heterocycles. The zero-order chi connectivity index (χ0) is 13.7. The Morgan fingerprint density at radius 1 is 1.39 bits per heavy atom. The molecule has 5 N–H and O–H groups in total. The van der Waals surface area contributed by atoms with E-state index in [9.17, 15) is 14.7 Å². The van der Waals surface area contributed by atoms with E-state index in [0.717, 1.165) is 0 Å². The van der Waals surface area contributed by atoms with E-state index in [4.69, 9.17) is 11.5 Å². The average Bonchev–Trinajstić information content (AvgIpc) is 2.27. The van der Waals surface area contributed by atoms with Crippen LogP contribution in [0.4, 0.5) is 5.82 Å². The molecule has 1 aromatic rings. The van der Waals surface area contributed by atoms with Gasteiger partial charge in [0.05, 0.1) is 19.2 Å². The molecule has 0 bridgehead atoms. The number of hydrogen-bond donors (Lipinski definition) is 3. The zero-order valence-electron chi connectivity index (χ0n) is 10.0. The van der Waals surface area contributed by atoms with Gasteiger partial charge in [-0.25, -0.2) is 4.98 Å². The summed E-state index contributed by atoms with van der Waals surface area (Å²) in [5.74, 6) is -0.827. The molecule has 2 amide bonds. The predicted molar refractivity (Wildman–Crippen MR) is 65.5 cm³/mol. The Morgan fingerprint density at radius 3 is 2.39 bits per heavy atom. The first-order valence-electron chi connectivity index (χ1n) is 5.35. The van der Waals surface area contributed by atoms with Crippen molar-refractivity contribution in [2.45, 2.75) is 13.0 Å². The van der Waals surface area contributed by atoms with Crippen molar-refractivity contribution in [3.05, 3.63) is 23.9 Å². The molecule has 1 aromatic heterocycles. The topological polar surface area (TPSA) is 123 Å². The van der Waals surface area contributed by atoms with Crippen LogP contribution in [0.2, 0.25) is 0 Å². The Balaban J connectivity index is 2.99. The third-order valence-corrected chi connectivity index (χ3v) is 2.27. The van der Waals surface area contributed by atoms with E-state index < -0.39 is 17.9 Å². The number of aliphatic hydroxyl groups is 1. The predicted octanol–water partition coefficient (Wildman–Crippen LogP) is -1.09. The Labute approximate surface area is 104 Å². The fraction of sp³-hybridized carbons (Fsp3) is 0.364. The summed E-state index contributed by atoms with van der Waals surface area (Å²) >= 11 is 0. The number of hydrogen-bond acceptors (Lipinski definition) is 5. The summed E-state index contributed by atoms with van der Waals surface area (Å²) in [6.07, 6.45) is 0.808. The van der Waals surface area contributed by atoms with E-state index in [1.165, 1.54) is 11.1 Å². The number of pyridine rings is 1. The highest BCUT2D eigenvalue weighted by Gasteiger charge is 2.14. The lowest BCUT2D eigenvalue weighted by Gasteiger charge is -2.21. The van der Waals surface area contributed by atoms with Crippen LogP contribution < -0.4 is 16.4 Å². The molecule has 7 nitrogen and oxygen atoms in total. The lowest BCUT2D eigenvalue weighted by Crippen LogP contribution is -2.40. The van der Waals surface area contributed by atoms with Crippen LogP contribution in [0.25, 0.3) is 0 Å². The lowest BCUT2D eigenvalue weighted by atomic mass is 10.1. The van der Waals surface area contributed by atoms with Gasteiger partial charge in [-0.2, -0.15) is 0 Å². The van der Waals surface area contributed by atoms with Crippen molar-refractivity contribution in [2.75, 3.05) is 18.0 Å². The minimum atomic E-state index is -0.671. The molecule has 0 aromatic carbocycles. The minimum Gasteiger partial charge on any atom is -0.389 e. The van der Waals surface area contributed by atoms with E-state index in [1.807, 2.05) is 0 Å². The second-order valence-electron chi connectivity index (χ2n) is 3.91. The molecular formula is C11H16N4O3. The van der Waals surface area contributed by atoms with Crippen molar-refractivity contribution in [1.82, 2.24) is 4.98 Å². The Morgan fingerprint density at radius 2 is 1.94 bits per heavy atom. The standard InChI is InChI=1S/C11H16N4O3/c1-7(16)8-2-3-14-11(4-8)15(5-9(12)17)6-10(13)18/h2-4,7,16H,5-6H2,1H3,(H2,12,17)(H2,13,18). The van der Waals surface area contributed by atoms with Crippen LogP contribution in [0, 0.1) is 0 Å². The molecule has 1 atom stereocenters. The van der Waals surface area contributed by atoms with E-state index in [2.05, 4.69) is 4.98 Å². The molecule has 0 aliphatic carbocycles. The molecule has 18 heavy (non-hydrogen) atoms. The number of nitrogens with two attached hydrogens (primary N) is 2. The number of anilines is 1. The molecule has 0 spiro atoms. The molecule has 98 valence electrons. The third-order valence-electron chi connectivity index (χ3n) is 2.27. The highest BCUT2D eigenvalue weighted by molar-refractivity contribution is 5.84. The second-order valence-corrected chi connectivity index (χ2v) is 3.91. The highest BCUT2D eigenvalue weighted by Crippen LogP contribution is 2.17. The van der Waals surface area contributed by atoms with Gasteiger partial charge in [-0.3, -0.25) is 9.59 Å². The summed E-state index contributed by atoms with van der Waals surface area (Å²) in [7, 11) is 0. The first-order chi connectivity index (χ1) is 8.40. The summed E-state index contributed by atoms with van der Waals surface area (Å²) in [6.45, 7) is 1.27. The number of carbonyl (C=O) groups is 2. The van der Waals surface area contributed by atoms with Gasteiger partial charge in [-0.1, -0.05) is 0 Å². The number of nitrogens with zero attached hydrogens (tertiary/aromatic N) is 2. The van der Waals surface area contributed by atoms with Gasteiger partial charge in [-0.15, -0.1) is 0 Å². The Hall–Kier alpha value is -2.15. The largest absolute Gasteiger partial charge is 0.389 e.